The van der Waals surface area contributed by atoms with Gasteiger partial charge in [-0.1, -0.05) is 59.3 Å². The Morgan fingerprint density at radius 1 is 1.00 bits per heavy atom. The first-order chi connectivity index (χ1) is 9.09. The van der Waals surface area contributed by atoms with Crippen molar-refractivity contribution in [3.63, 3.8) is 0 Å². The van der Waals surface area contributed by atoms with Crippen LogP contribution in [0.25, 0.3) is 17.2 Å². The van der Waals surface area contributed by atoms with Crippen LogP contribution in [0.15, 0.2) is 40.9 Å². The fraction of sp³-hybridized carbons (Fsp3) is 0.222. The van der Waals surface area contributed by atoms with Crippen LogP contribution in [-0.4, -0.2) is 0 Å². The van der Waals surface area contributed by atoms with E-state index in [1.165, 1.54) is 37.9 Å². The molecule has 1 unspecified atom stereocenters. The maximum absolute atomic E-state index is 3.69. The molecule has 0 amide bonds. The lowest BCUT2D eigenvalue weighted by molar-refractivity contribution is 0.982. The first kappa shape index (κ1) is 12.7. The fourth-order valence-corrected chi connectivity index (χ4v) is 3.57. The van der Waals surface area contributed by atoms with Crippen molar-refractivity contribution in [1.82, 2.24) is 0 Å². The predicted octanol–water partition coefficient (Wildman–Crippen LogP) is 5.86. The molecule has 2 aromatic rings. The number of halogens is 1. The smallest absolute Gasteiger partial charge is 0.0219 e. The van der Waals surface area contributed by atoms with Crippen LogP contribution >= 0.6 is 15.9 Å². The third-order valence-corrected chi connectivity index (χ3v) is 4.83. The average molecular weight is 313 g/mol. The molecule has 0 fully saturated rings. The summed E-state index contributed by atoms with van der Waals surface area (Å²) < 4.78 is 1.22. The van der Waals surface area contributed by atoms with Crippen LogP contribution in [-0.2, 0) is 0 Å². The second kappa shape index (κ2) is 4.64. The summed E-state index contributed by atoms with van der Waals surface area (Å²) in [6.45, 7) is 6.64. The number of fused-ring (bicyclic) bond motifs is 1. The molecule has 0 spiro atoms. The highest BCUT2D eigenvalue weighted by molar-refractivity contribution is 9.10. The summed E-state index contributed by atoms with van der Waals surface area (Å²) in [6, 6.07) is 11.0. The second-order valence-electron chi connectivity index (χ2n) is 5.32. The number of allylic oxidation sites excluding steroid dienone is 1. The standard InChI is InChI=1S/C18H17Br/c1-11-5-4-6-14(13(11)3)15-9-10-17(19)18-12(2)7-8-16(15)18/h4-10,12H,1-3H3. The highest BCUT2D eigenvalue weighted by Gasteiger charge is 2.20. The van der Waals surface area contributed by atoms with E-state index in [0.29, 0.717) is 5.92 Å². The molecule has 1 heteroatoms. The molecule has 1 atom stereocenters. The number of rotatable bonds is 1. The second-order valence-corrected chi connectivity index (χ2v) is 6.17. The van der Waals surface area contributed by atoms with Crippen LogP contribution in [0.5, 0.6) is 0 Å². The summed E-state index contributed by atoms with van der Waals surface area (Å²) >= 11 is 3.69. The number of hydrogen-bond acceptors (Lipinski definition) is 0. The quantitative estimate of drug-likeness (QED) is 0.618. The first-order valence-electron chi connectivity index (χ1n) is 6.67. The van der Waals surface area contributed by atoms with Crippen molar-refractivity contribution in [2.45, 2.75) is 26.7 Å². The van der Waals surface area contributed by atoms with Gasteiger partial charge in [0.15, 0.2) is 0 Å². The summed E-state index contributed by atoms with van der Waals surface area (Å²) in [6.07, 6.45) is 4.55. The molecule has 0 aliphatic heterocycles. The summed E-state index contributed by atoms with van der Waals surface area (Å²) in [5.74, 6) is 0.495. The van der Waals surface area contributed by atoms with Gasteiger partial charge in [-0.25, -0.2) is 0 Å². The molecule has 0 saturated carbocycles. The van der Waals surface area contributed by atoms with Crippen molar-refractivity contribution in [1.29, 1.82) is 0 Å². The maximum atomic E-state index is 3.69. The molecule has 1 aliphatic carbocycles. The van der Waals surface area contributed by atoms with E-state index in [9.17, 15) is 0 Å². The molecule has 1 aliphatic rings. The summed E-state index contributed by atoms with van der Waals surface area (Å²) in [5.41, 5.74) is 8.21. The minimum Gasteiger partial charge on any atom is -0.0766 e. The number of aryl methyl sites for hydroxylation is 1. The van der Waals surface area contributed by atoms with Crippen molar-refractivity contribution in [2.75, 3.05) is 0 Å². The molecule has 19 heavy (non-hydrogen) atoms. The van der Waals surface area contributed by atoms with Gasteiger partial charge in [0.2, 0.25) is 0 Å². The molecular weight excluding hydrogens is 296 g/mol. The SMILES string of the molecule is Cc1cccc(-c2ccc(Br)c3c2C=CC3C)c1C. The molecule has 0 bridgehead atoms. The summed E-state index contributed by atoms with van der Waals surface area (Å²) in [7, 11) is 0. The Balaban J connectivity index is 2.28. The van der Waals surface area contributed by atoms with Crippen molar-refractivity contribution in [3.8, 4) is 11.1 Å². The molecule has 2 aromatic carbocycles. The number of benzene rings is 2. The molecule has 0 saturated heterocycles. The van der Waals surface area contributed by atoms with Gasteiger partial charge in [-0.15, -0.1) is 0 Å². The zero-order valence-electron chi connectivity index (χ0n) is 11.5. The van der Waals surface area contributed by atoms with Crippen LogP contribution in [0, 0.1) is 13.8 Å². The van der Waals surface area contributed by atoms with Crippen molar-refractivity contribution in [2.24, 2.45) is 0 Å². The molecule has 0 nitrogen and oxygen atoms in total. The first-order valence-corrected chi connectivity index (χ1v) is 7.46. The minimum absolute atomic E-state index is 0.495. The minimum atomic E-state index is 0.495. The van der Waals surface area contributed by atoms with E-state index in [0.717, 1.165) is 0 Å². The monoisotopic (exact) mass is 312 g/mol. The third-order valence-electron chi connectivity index (χ3n) is 4.14. The third kappa shape index (κ3) is 1.97. The van der Waals surface area contributed by atoms with Crippen LogP contribution in [0.4, 0.5) is 0 Å². The largest absolute Gasteiger partial charge is 0.0766 e. The Hall–Kier alpha value is -1.34. The van der Waals surface area contributed by atoms with Crippen LogP contribution < -0.4 is 0 Å². The van der Waals surface area contributed by atoms with Gasteiger partial charge in [0.1, 0.15) is 0 Å². The molecule has 0 heterocycles. The molecule has 0 N–H and O–H groups in total. The van der Waals surface area contributed by atoms with Gasteiger partial charge in [0.25, 0.3) is 0 Å². The van der Waals surface area contributed by atoms with Crippen LogP contribution in [0.2, 0.25) is 0 Å². The van der Waals surface area contributed by atoms with E-state index >= 15 is 0 Å². The predicted molar refractivity (Wildman–Crippen MR) is 86.5 cm³/mol. The van der Waals surface area contributed by atoms with Gasteiger partial charge in [-0.2, -0.15) is 0 Å². The highest BCUT2D eigenvalue weighted by atomic mass is 79.9. The Morgan fingerprint density at radius 3 is 2.58 bits per heavy atom. The normalized spacial score (nSPS) is 16.7. The Morgan fingerprint density at radius 2 is 1.79 bits per heavy atom. The molecule has 3 rings (SSSR count). The lowest BCUT2D eigenvalue weighted by Crippen LogP contribution is -1.94. The summed E-state index contributed by atoms with van der Waals surface area (Å²) in [5, 5.41) is 0. The lowest BCUT2D eigenvalue weighted by Gasteiger charge is -2.15. The fourth-order valence-electron chi connectivity index (χ4n) is 2.87. The van der Waals surface area contributed by atoms with Gasteiger partial charge in [0, 0.05) is 10.4 Å². The Labute approximate surface area is 123 Å². The molecule has 0 radical (unpaired) electrons. The van der Waals surface area contributed by atoms with Crippen LogP contribution in [0.3, 0.4) is 0 Å². The van der Waals surface area contributed by atoms with Gasteiger partial charge >= 0.3 is 0 Å². The van der Waals surface area contributed by atoms with Crippen LogP contribution in [0.1, 0.15) is 35.1 Å². The molecule has 96 valence electrons. The topological polar surface area (TPSA) is 0 Å². The maximum Gasteiger partial charge on any atom is 0.0219 e. The van der Waals surface area contributed by atoms with E-state index in [1.807, 2.05) is 0 Å². The van der Waals surface area contributed by atoms with E-state index in [2.05, 4.69) is 79.2 Å². The average Bonchev–Trinajstić information content (AvgIpc) is 2.77. The lowest BCUT2D eigenvalue weighted by atomic mass is 9.91. The van der Waals surface area contributed by atoms with Gasteiger partial charge in [0.05, 0.1) is 0 Å². The zero-order valence-corrected chi connectivity index (χ0v) is 13.1. The number of hydrogen-bond donors (Lipinski definition) is 0. The zero-order chi connectivity index (χ0) is 13.6. The van der Waals surface area contributed by atoms with Gasteiger partial charge in [-0.3, -0.25) is 0 Å². The van der Waals surface area contributed by atoms with Gasteiger partial charge < -0.3 is 0 Å². The van der Waals surface area contributed by atoms with E-state index in [4.69, 9.17) is 0 Å². The highest BCUT2D eigenvalue weighted by Crippen LogP contribution is 2.41. The van der Waals surface area contributed by atoms with Crippen molar-refractivity contribution in [3.05, 3.63) is 63.1 Å². The Kier molecular flexibility index (Phi) is 3.10. The van der Waals surface area contributed by atoms with E-state index in [-0.39, 0.29) is 0 Å². The summed E-state index contributed by atoms with van der Waals surface area (Å²) in [4.78, 5) is 0. The van der Waals surface area contributed by atoms with Crippen molar-refractivity contribution < 1.29 is 0 Å². The van der Waals surface area contributed by atoms with E-state index < -0.39 is 0 Å². The van der Waals surface area contributed by atoms with E-state index in [1.54, 1.807) is 0 Å². The van der Waals surface area contributed by atoms with Crippen molar-refractivity contribution >= 4 is 22.0 Å². The Bertz CT molecular complexity index is 680. The molecular formula is C18H17Br. The van der Waals surface area contributed by atoms with Gasteiger partial charge in [-0.05, 0) is 53.3 Å². The molecule has 0 aromatic heterocycles.